The van der Waals surface area contributed by atoms with E-state index in [2.05, 4.69) is 20.9 Å². The summed E-state index contributed by atoms with van der Waals surface area (Å²) >= 11 is 4.99. The van der Waals surface area contributed by atoms with Gasteiger partial charge in [0.05, 0.1) is 22.9 Å². The van der Waals surface area contributed by atoms with Crippen LogP contribution in [0, 0.1) is 0 Å². The van der Waals surface area contributed by atoms with E-state index in [-0.39, 0.29) is 5.75 Å². The molecule has 0 fully saturated rings. The number of fused-ring (bicyclic) bond motifs is 1. The van der Waals surface area contributed by atoms with E-state index in [0.29, 0.717) is 11.3 Å². The number of benzene rings is 2. The van der Waals surface area contributed by atoms with Crippen molar-refractivity contribution in [3.63, 3.8) is 0 Å². The molecule has 0 bridgehead atoms. The highest BCUT2D eigenvalue weighted by Crippen LogP contribution is 2.40. The molecule has 3 nitrogen and oxygen atoms in total. The Morgan fingerprint density at radius 2 is 2.11 bits per heavy atom. The van der Waals surface area contributed by atoms with Crippen LogP contribution < -0.4 is 4.74 Å². The first kappa shape index (κ1) is 12.4. The number of aromatic nitrogens is 1. The lowest BCUT2D eigenvalue weighted by atomic mass is 10.2. The van der Waals surface area contributed by atoms with Gasteiger partial charge >= 0.3 is 0 Å². The zero-order valence-corrected chi connectivity index (χ0v) is 12.5. The number of ether oxygens (including phenoxy) is 1. The molecule has 1 N–H and O–H groups in total. The van der Waals surface area contributed by atoms with E-state index >= 15 is 0 Å². The molecule has 5 heteroatoms. The number of phenols is 1. The molecule has 0 atom stereocenters. The molecule has 1 heterocycles. The Hall–Kier alpha value is -1.59. The Morgan fingerprint density at radius 3 is 2.89 bits per heavy atom. The second-order valence-corrected chi connectivity index (χ2v) is 5.93. The molecule has 0 radical (unpaired) electrons. The number of nitrogens with zero attached hydrogens (tertiary/aromatic N) is 1. The van der Waals surface area contributed by atoms with Gasteiger partial charge < -0.3 is 9.84 Å². The third-order valence-corrected chi connectivity index (χ3v) is 4.34. The normalized spacial score (nSPS) is 10.8. The van der Waals surface area contributed by atoms with Crippen molar-refractivity contribution >= 4 is 37.5 Å². The Morgan fingerprint density at radius 1 is 1.26 bits per heavy atom. The fourth-order valence-corrected chi connectivity index (χ4v) is 3.42. The topological polar surface area (TPSA) is 42.4 Å². The Balaban J connectivity index is 2.19. The maximum absolute atomic E-state index is 10.2. The second-order valence-electron chi connectivity index (χ2n) is 3.99. The van der Waals surface area contributed by atoms with Crippen LogP contribution in [-0.4, -0.2) is 17.2 Å². The Labute approximate surface area is 122 Å². The summed E-state index contributed by atoms with van der Waals surface area (Å²) < 4.78 is 7.21. The lowest BCUT2D eigenvalue weighted by Gasteiger charge is -2.05. The lowest BCUT2D eigenvalue weighted by Crippen LogP contribution is -1.85. The van der Waals surface area contributed by atoms with E-state index in [9.17, 15) is 5.11 Å². The van der Waals surface area contributed by atoms with Crippen molar-refractivity contribution in [2.24, 2.45) is 0 Å². The zero-order chi connectivity index (χ0) is 13.4. The highest BCUT2D eigenvalue weighted by molar-refractivity contribution is 9.10. The minimum atomic E-state index is 0.128. The van der Waals surface area contributed by atoms with Crippen molar-refractivity contribution in [1.82, 2.24) is 4.98 Å². The molecule has 0 aliphatic heterocycles. The van der Waals surface area contributed by atoms with Gasteiger partial charge in [-0.05, 0) is 30.3 Å². The first-order chi connectivity index (χ1) is 9.19. The number of rotatable bonds is 2. The molecule has 0 saturated heterocycles. The number of thiazole rings is 1. The van der Waals surface area contributed by atoms with Gasteiger partial charge in [0.15, 0.2) is 11.5 Å². The third kappa shape index (κ3) is 2.19. The molecule has 0 aliphatic rings. The molecule has 3 aromatic rings. The highest BCUT2D eigenvalue weighted by Gasteiger charge is 2.13. The van der Waals surface area contributed by atoms with Gasteiger partial charge in [0.2, 0.25) is 0 Å². The number of methoxy groups -OCH3 is 1. The van der Waals surface area contributed by atoms with Crippen LogP contribution in [0.5, 0.6) is 11.5 Å². The predicted octanol–water partition coefficient (Wildman–Crippen LogP) is 4.44. The number of aromatic hydroxyl groups is 1. The summed E-state index contributed by atoms with van der Waals surface area (Å²) in [5, 5.41) is 10.9. The fourth-order valence-electron chi connectivity index (χ4n) is 1.87. The number of para-hydroxylation sites is 1. The third-order valence-electron chi connectivity index (χ3n) is 2.80. The number of hydrogen-bond acceptors (Lipinski definition) is 4. The van der Waals surface area contributed by atoms with Crippen molar-refractivity contribution < 1.29 is 9.84 Å². The van der Waals surface area contributed by atoms with Gasteiger partial charge in [0.1, 0.15) is 5.01 Å². The molecule has 0 spiro atoms. The van der Waals surface area contributed by atoms with Gasteiger partial charge in [-0.15, -0.1) is 11.3 Å². The number of phenolic OH excluding ortho intramolecular Hbond substituents is 1. The number of hydrogen-bond donors (Lipinski definition) is 1. The summed E-state index contributed by atoms with van der Waals surface area (Å²) in [7, 11) is 1.54. The van der Waals surface area contributed by atoms with Crippen molar-refractivity contribution in [1.29, 1.82) is 0 Å². The Bertz CT molecular complexity index is 754. The minimum absolute atomic E-state index is 0.128. The summed E-state index contributed by atoms with van der Waals surface area (Å²) in [4.78, 5) is 4.54. The van der Waals surface area contributed by atoms with Crippen molar-refractivity contribution in [2.75, 3.05) is 7.11 Å². The molecule has 0 saturated carbocycles. The first-order valence-electron chi connectivity index (χ1n) is 5.61. The second kappa shape index (κ2) is 4.83. The average Bonchev–Trinajstić information content (AvgIpc) is 2.81. The summed E-state index contributed by atoms with van der Waals surface area (Å²) in [6.07, 6.45) is 0. The van der Waals surface area contributed by atoms with Crippen molar-refractivity contribution in [2.45, 2.75) is 0 Å². The van der Waals surface area contributed by atoms with E-state index < -0.39 is 0 Å². The summed E-state index contributed by atoms with van der Waals surface area (Å²) in [5.41, 5.74) is 1.61. The molecule has 2 aromatic carbocycles. The van der Waals surface area contributed by atoms with Crippen LogP contribution in [0.1, 0.15) is 0 Å². The maximum Gasteiger partial charge on any atom is 0.168 e. The molecule has 3 rings (SSSR count). The van der Waals surface area contributed by atoms with Crippen molar-refractivity contribution in [3.05, 3.63) is 40.9 Å². The van der Waals surface area contributed by atoms with Crippen LogP contribution in [0.15, 0.2) is 40.9 Å². The molecule has 0 amide bonds. The van der Waals surface area contributed by atoms with Crippen LogP contribution in [0.25, 0.3) is 20.8 Å². The van der Waals surface area contributed by atoms with E-state index in [0.717, 1.165) is 19.7 Å². The zero-order valence-electron chi connectivity index (χ0n) is 10.1. The van der Waals surface area contributed by atoms with Crippen LogP contribution in [0.3, 0.4) is 0 Å². The van der Waals surface area contributed by atoms with Gasteiger partial charge in [-0.25, -0.2) is 4.98 Å². The SMILES string of the molecule is COc1cccc(-c2nc3ccc(Br)cc3s2)c1O. The summed E-state index contributed by atoms with van der Waals surface area (Å²) in [5.74, 6) is 0.584. The quantitative estimate of drug-likeness (QED) is 0.752. The van der Waals surface area contributed by atoms with Gasteiger partial charge in [-0.1, -0.05) is 22.0 Å². The van der Waals surface area contributed by atoms with E-state index in [4.69, 9.17) is 4.74 Å². The molecule has 19 heavy (non-hydrogen) atoms. The maximum atomic E-state index is 10.2. The summed E-state index contributed by atoms with van der Waals surface area (Å²) in [6, 6.07) is 11.3. The van der Waals surface area contributed by atoms with Crippen LogP contribution >= 0.6 is 27.3 Å². The standard InChI is InChI=1S/C14H10BrNO2S/c1-18-11-4-2-3-9(13(11)17)14-16-10-6-5-8(15)7-12(10)19-14/h2-7,17H,1H3. The van der Waals surface area contributed by atoms with E-state index in [1.54, 1.807) is 17.4 Å². The molecular weight excluding hydrogens is 326 g/mol. The van der Waals surface area contributed by atoms with E-state index in [1.807, 2.05) is 30.3 Å². The highest BCUT2D eigenvalue weighted by atomic mass is 79.9. The van der Waals surface area contributed by atoms with Gasteiger partial charge in [0.25, 0.3) is 0 Å². The smallest absolute Gasteiger partial charge is 0.168 e. The predicted molar refractivity (Wildman–Crippen MR) is 81.0 cm³/mol. The largest absolute Gasteiger partial charge is 0.504 e. The van der Waals surface area contributed by atoms with Gasteiger partial charge in [-0.3, -0.25) is 0 Å². The summed E-state index contributed by atoms with van der Waals surface area (Å²) in [6.45, 7) is 0. The van der Waals surface area contributed by atoms with Gasteiger partial charge in [0, 0.05) is 4.47 Å². The molecule has 1 aromatic heterocycles. The lowest BCUT2D eigenvalue weighted by molar-refractivity contribution is 0.374. The molecule has 96 valence electrons. The average molecular weight is 336 g/mol. The van der Waals surface area contributed by atoms with Crippen LogP contribution in [-0.2, 0) is 0 Å². The molecular formula is C14H10BrNO2S. The monoisotopic (exact) mass is 335 g/mol. The minimum Gasteiger partial charge on any atom is -0.504 e. The first-order valence-corrected chi connectivity index (χ1v) is 7.22. The van der Waals surface area contributed by atoms with E-state index in [1.165, 1.54) is 7.11 Å². The van der Waals surface area contributed by atoms with Crippen LogP contribution in [0.2, 0.25) is 0 Å². The van der Waals surface area contributed by atoms with Gasteiger partial charge in [-0.2, -0.15) is 0 Å². The van der Waals surface area contributed by atoms with Crippen LogP contribution in [0.4, 0.5) is 0 Å². The van der Waals surface area contributed by atoms with Crippen molar-refractivity contribution in [3.8, 4) is 22.1 Å². The molecule has 0 aliphatic carbocycles. The molecule has 0 unspecified atom stereocenters. The Kier molecular flexibility index (Phi) is 3.16. The number of halogens is 1. The fraction of sp³-hybridized carbons (Fsp3) is 0.0714.